The van der Waals surface area contributed by atoms with Gasteiger partial charge in [-0.3, -0.25) is 14.5 Å². The first-order valence-electron chi connectivity index (χ1n) is 7.40. The van der Waals surface area contributed by atoms with Crippen molar-refractivity contribution in [1.29, 1.82) is 0 Å². The van der Waals surface area contributed by atoms with Gasteiger partial charge in [0, 0.05) is 0 Å². The van der Waals surface area contributed by atoms with E-state index in [1.54, 1.807) is 0 Å². The van der Waals surface area contributed by atoms with Crippen LogP contribution in [0.5, 0.6) is 0 Å². The summed E-state index contributed by atoms with van der Waals surface area (Å²) in [6.07, 6.45) is 9.33. The highest BCUT2D eigenvalue weighted by atomic mass is 16.3. The van der Waals surface area contributed by atoms with E-state index in [4.69, 9.17) is 0 Å². The smallest absolute Gasteiger partial charge is 0.233 e. The van der Waals surface area contributed by atoms with Crippen molar-refractivity contribution < 1.29 is 14.7 Å². The van der Waals surface area contributed by atoms with Gasteiger partial charge in [0.2, 0.25) is 11.8 Å². The van der Waals surface area contributed by atoms with Crippen molar-refractivity contribution in [2.24, 2.45) is 11.8 Å². The molecule has 4 unspecified atom stereocenters. The number of imide groups is 1. The first kappa shape index (κ1) is 12.9. The van der Waals surface area contributed by atoms with Crippen molar-refractivity contribution in [3.8, 4) is 0 Å². The number of aliphatic hydroxyl groups is 1. The number of fused-ring (bicyclic) bond motifs is 1. The topological polar surface area (TPSA) is 57.6 Å². The minimum atomic E-state index is -0.538. The molecular weight excluding hydrogens is 242 g/mol. The van der Waals surface area contributed by atoms with Crippen LogP contribution in [0.3, 0.4) is 0 Å². The van der Waals surface area contributed by atoms with Gasteiger partial charge in [-0.2, -0.15) is 0 Å². The molecule has 0 aromatic heterocycles. The number of rotatable bonds is 1. The van der Waals surface area contributed by atoms with Crippen LogP contribution in [0.25, 0.3) is 0 Å². The fourth-order valence-electron chi connectivity index (χ4n) is 3.72. The summed E-state index contributed by atoms with van der Waals surface area (Å²) in [5, 5.41) is 10.2. The zero-order valence-corrected chi connectivity index (χ0v) is 11.1. The normalized spacial score (nSPS) is 39.3. The second-order valence-electron chi connectivity index (χ2n) is 5.97. The lowest BCUT2D eigenvalue weighted by atomic mass is 9.85. The zero-order chi connectivity index (χ0) is 13.4. The number of carbonyl (C=O) groups excluding carboxylic acids is 2. The predicted octanol–water partition coefficient (Wildman–Crippen LogP) is 1.63. The summed E-state index contributed by atoms with van der Waals surface area (Å²) in [6.45, 7) is 0. The molecule has 104 valence electrons. The number of likely N-dealkylation sites (tertiary alicyclic amines) is 1. The third kappa shape index (κ3) is 2.12. The van der Waals surface area contributed by atoms with Gasteiger partial charge in [-0.05, 0) is 25.7 Å². The lowest BCUT2D eigenvalue weighted by Gasteiger charge is -2.29. The van der Waals surface area contributed by atoms with Crippen molar-refractivity contribution in [3.05, 3.63) is 12.2 Å². The van der Waals surface area contributed by atoms with Crippen molar-refractivity contribution in [1.82, 2.24) is 4.90 Å². The Kier molecular flexibility index (Phi) is 3.44. The number of hydrogen-bond donors (Lipinski definition) is 1. The van der Waals surface area contributed by atoms with Crippen molar-refractivity contribution in [2.45, 2.75) is 57.1 Å². The van der Waals surface area contributed by atoms with E-state index in [1.807, 2.05) is 12.2 Å². The van der Waals surface area contributed by atoms with Crippen LogP contribution in [0.4, 0.5) is 0 Å². The number of carbonyl (C=O) groups is 2. The molecule has 0 radical (unpaired) electrons. The Labute approximate surface area is 113 Å². The first-order chi connectivity index (χ1) is 9.20. The number of aliphatic hydroxyl groups excluding tert-OH is 1. The fourth-order valence-corrected chi connectivity index (χ4v) is 3.72. The maximum Gasteiger partial charge on any atom is 0.233 e. The van der Waals surface area contributed by atoms with E-state index in [-0.39, 0.29) is 29.7 Å². The van der Waals surface area contributed by atoms with E-state index in [2.05, 4.69) is 0 Å². The molecule has 4 atom stereocenters. The minimum Gasteiger partial charge on any atom is -0.391 e. The molecule has 3 rings (SSSR count). The molecule has 0 spiro atoms. The molecule has 2 amide bonds. The lowest BCUT2D eigenvalue weighted by Crippen LogP contribution is -2.47. The second-order valence-corrected chi connectivity index (χ2v) is 5.97. The van der Waals surface area contributed by atoms with Crippen LogP contribution in [0.2, 0.25) is 0 Å². The number of amides is 2. The van der Waals surface area contributed by atoms with Crippen LogP contribution in [-0.2, 0) is 9.59 Å². The maximum atomic E-state index is 12.5. The molecule has 1 saturated heterocycles. The molecule has 1 N–H and O–H groups in total. The second kappa shape index (κ2) is 5.08. The third-order valence-electron chi connectivity index (χ3n) is 4.82. The molecule has 4 nitrogen and oxygen atoms in total. The SMILES string of the molecule is O=C1C2CC=CCC2C(=O)N1C1CCCCCC1O. The molecule has 2 fully saturated rings. The van der Waals surface area contributed by atoms with E-state index in [0.29, 0.717) is 19.3 Å². The molecule has 3 aliphatic rings. The van der Waals surface area contributed by atoms with Crippen molar-refractivity contribution in [2.75, 3.05) is 0 Å². The molecule has 0 bridgehead atoms. The molecule has 1 aliphatic heterocycles. The van der Waals surface area contributed by atoms with Crippen LogP contribution < -0.4 is 0 Å². The van der Waals surface area contributed by atoms with Gasteiger partial charge < -0.3 is 5.11 Å². The predicted molar refractivity (Wildman–Crippen MR) is 70.1 cm³/mol. The van der Waals surface area contributed by atoms with Crippen LogP contribution in [-0.4, -0.2) is 34.0 Å². The van der Waals surface area contributed by atoms with Gasteiger partial charge in [-0.1, -0.05) is 31.4 Å². The third-order valence-corrected chi connectivity index (χ3v) is 4.82. The van der Waals surface area contributed by atoms with Gasteiger partial charge in [0.1, 0.15) is 0 Å². The van der Waals surface area contributed by atoms with E-state index in [1.165, 1.54) is 4.90 Å². The average Bonchev–Trinajstić information content (AvgIpc) is 2.57. The molecular formula is C15H21NO3. The molecule has 0 aromatic rings. The molecule has 1 saturated carbocycles. The van der Waals surface area contributed by atoms with E-state index < -0.39 is 6.10 Å². The Morgan fingerprint density at radius 1 is 0.947 bits per heavy atom. The Hall–Kier alpha value is -1.16. The Balaban J connectivity index is 1.84. The average molecular weight is 263 g/mol. The molecule has 4 heteroatoms. The fraction of sp³-hybridized carbons (Fsp3) is 0.733. The quantitative estimate of drug-likeness (QED) is 0.444. The van der Waals surface area contributed by atoms with Gasteiger partial charge in [0.15, 0.2) is 0 Å². The number of allylic oxidation sites excluding steroid dienone is 2. The van der Waals surface area contributed by atoms with Crippen LogP contribution in [0.1, 0.15) is 44.9 Å². The van der Waals surface area contributed by atoms with Crippen LogP contribution in [0, 0.1) is 11.8 Å². The highest BCUT2D eigenvalue weighted by molar-refractivity contribution is 6.05. The standard InChI is InChI=1S/C15H21NO3/c17-13-9-3-1-2-8-12(13)16-14(18)10-6-4-5-7-11(10)15(16)19/h4-5,10-13,17H,1-3,6-9H2. The van der Waals surface area contributed by atoms with E-state index >= 15 is 0 Å². The number of nitrogens with zero attached hydrogens (tertiary/aromatic N) is 1. The highest BCUT2D eigenvalue weighted by Gasteiger charge is 2.50. The largest absolute Gasteiger partial charge is 0.391 e. The van der Waals surface area contributed by atoms with Crippen molar-refractivity contribution in [3.63, 3.8) is 0 Å². The Morgan fingerprint density at radius 2 is 1.53 bits per heavy atom. The van der Waals surface area contributed by atoms with Gasteiger partial charge in [-0.15, -0.1) is 0 Å². The first-order valence-corrected chi connectivity index (χ1v) is 7.40. The summed E-state index contributed by atoms with van der Waals surface area (Å²) in [5.74, 6) is -0.448. The van der Waals surface area contributed by atoms with E-state index in [9.17, 15) is 14.7 Å². The highest BCUT2D eigenvalue weighted by Crippen LogP contribution is 2.38. The molecule has 0 aromatic carbocycles. The van der Waals surface area contributed by atoms with Gasteiger partial charge in [-0.25, -0.2) is 0 Å². The summed E-state index contributed by atoms with van der Waals surface area (Å²) in [7, 11) is 0. The van der Waals surface area contributed by atoms with E-state index in [0.717, 1.165) is 25.7 Å². The molecule has 19 heavy (non-hydrogen) atoms. The summed E-state index contributed by atoms with van der Waals surface area (Å²) in [5.41, 5.74) is 0. The number of hydrogen-bond acceptors (Lipinski definition) is 3. The van der Waals surface area contributed by atoms with Crippen molar-refractivity contribution >= 4 is 11.8 Å². The minimum absolute atomic E-state index is 0.0506. The zero-order valence-electron chi connectivity index (χ0n) is 11.1. The maximum absolute atomic E-state index is 12.5. The van der Waals surface area contributed by atoms with Gasteiger partial charge in [0.25, 0.3) is 0 Å². The summed E-state index contributed by atoms with van der Waals surface area (Å²) in [6, 6.07) is -0.284. The molecule has 1 heterocycles. The van der Waals surface area contributed by atoms with Crippen LogP contribution in [0.15, 0.2) is 12.2 Å². The monoisotopic (exact) mass is 263 g/mol. The van der Waals surface area contributed by atoms with Gasteiger partial charge >= 0.3 is 0 Å². The van der Waals surface area contributed by atoms with Gasteiger partial charge in [0.05, 0.1) is 24.0 Å². The lowest BCUT2D eigenvalue weighted by molar-refractivity contribution is -0.145. The summed E-state index contributed by atoms with van der Waals surface area (Å²) >= 11 is 0. The summed E-state index contributed by atoms with van der Waals surface area (Å²) in [4.78, 5) is 26.3. The summed E-state index contributed by atoms with van der Waals surface area (Å²) < 4.78 is 0. The molecule has 2 aliphatic carbocycles. The van der Waals surface area contributed by atoms with Crippen LogP contribution >= 0.6 is 0 Å². The Bertz CT molecular complexity index is 392. The Morgan fingerprint density at radius 3 is 2.16 bits per heavy atom.